The number of hydrogen-bond acceptors (Lipinski definition) is 4. The normalized spacial score (nSPS) is 16.6. The lowest BCUT2D eigenvalue weighted by Gasteiger charge is -2.31. The zero-order valence-electron chi connectivity index (χ0n) is 12.7. The van der Waals surface area contributed by atoms with E-state index in [0.29, 0.717) is 5.82 Å². The van der Waals surface area contributed by atoms with Crippen LogP contribution in [0.3, 0.4) is 0 Å². The minimum atomic E-state index is 0.213. The van der Waals surface area contributed by atoms with Gasteiger partial charge in [0.15, 0.2) is 5.65 Å². The zero-order chi connectivity index (χ0) is 15.3. The predicted molar refractivity (Wildman–Crippen MR) is 92.8 cm³/mol. The fraction of sp³-hybridized carbons (Fsp3) is 0.294. The summed E-state index contributed by atoms with van der Waals surface area (Å²) < 4.78 is 0.213. The number of nitrogens with zero attached hydrogens (tertiary/aromatic N) is 2. The quantitative estimate of drug-likeness (QED) is 0.718. The van der Waals surface area contributed by atoms with Crippen LogP contribution in [0.15, 0.2) is 30.3 Å². The Morgan fingerprint density at radius 3 is 2.77 bits per heavy atom. The third kappa shape index (κ3) is 2.08. The van der Waals surface area contributed by atoms with Gasteiger partial charge in [-0.3, -0.25) is 5.10 Å². The lowest BCUT2D eigenvalue weighted by atomic mass is 9.90. The van der Waals surface area contributed by atoms with Crippen LogP contribution >= 0.6 is 11.8 Å². The maximum atomic E-state index is 6.15. The molecular weight excluding hydrogens is 292 g/mol. The summed E-state index contributed by atoms with van der Waals surface area (Å²) in [4.78, 5) is 4.75. The van der Waals surface area contributed by atoms with E-state index in [1.807, 2.05) is 17.8 Å². The van der Waals surface area contributed by atoms with Crippen LogP contribution in [-0.2, 0) is 12.2 Å². The highest BCUT2D eigenvalue weighted by molar-refractivity contribution is 7.99. The summed E-state index contributed by atoms with van der Waals surface area (Å²) in [7, 11) is 0. The van der Waals surface area contributed by atoms with E-state index >= 15 is 0 Å². The van der Waals surface area contributed by atoms with Crippen LogP contribution in [0.1, 0.15) is 25.1 Å². The SMILES string of the molecule is CC1(C)Cc2c(nc3n[nH]c(N)c3c2-c2ccccc2)CS1. The predicted octanol–water partition coefficient (Wildman–Crippen LogP) is 3.78. The average Bonchev–Trinajstić information content (AvgIpc) is 2.86. The van der Waals surface area contributed by atoms with Crippen LogP contribution in [0.5, 0.6) is 0 Å². The Balaban J connectivity index is 2.09. The molecule has 1 aliphatic heterocycles. The number of nitrogen functional groups attached to an aromatic ring is 1. The molecule has 5 heteroatoms. The molecule has 4 rings (SSSR count). The number of thioether (sulfide) groups is 1. The van der Waals surface area contributed by atoms with Crippen molar-refractivity contribution in [1.29, 1.82) is 0 Å². The van der Waals surface area contributed by atoms with Crippen molar-refractivity contribution in [1.82, 2.24) is 15.2 Å². The molecule has 4 nitrogen and oxygen atoms in total. The van der Waals surface area contributed by atoms with E-state index in [0.717, 1.165) is 28.9 Å². The fourth-order valence-electron chi connectivity index (χ4n) is 3.14. The Kier molecular flexibility index (Phi) is 2.94. The van der Waals surface area contributed by atoms with Gasteiger partial charge in [0.05, 0.1) is 11.1 Å². The van der Waals surface area contributed by atoms with Crippen LogP contribution in [0, 0.1) is 0 Å². The summed E-state index contributed by atoms with van der Waals surface area (Å²) in [6, 6.07) is 10.4. The molecule has 112 valence electrons. The van der Waals surface area contributed by atoms with Gasteiger partial charge in [0.2, 0.25) is 0 Å². The molecular formula is C17H18N4S. The number of aromatic amines is 1. The van der Waals surface area contributed by atoms with Crippen LogP contribution in [0.4, 0.5) is 5.82 Å². The van der Waals surface area contributed by atoms with Gasteiger partial charge >= 0.3 is 0 Å². The fourth-order valence-corrected chi connectivity index (χ4v) is 4.15. The van der Waals surface area contributed by atoms with Gasteiger partial charge in [-0.05, 0) is 17.5 Å². The largest absolute Gasteiger partial charge is 0.383 e. The Bertz CT molecular complexity index is 852. The van der Waals surface area contributed by atoms with E-state index in [2.05, 4.69) is 48.3 Å². The Morgan fingerprint density at radius 1 is 1.23 bits per heavy atom. The molecule has 0 amide bonds. The molecule has 0 aliphatic carbocycles. The molecule has 0 saturated heterocycles. The van der Waals surface area contributed by atoms with Gasteiger partial charge in [-0.1, -0.05) is 44.2 Å². The molecule has 3 N–H and O–H groups in total. The molecule has 22 heavy (non-hydrogen) atoms. The maximum absolute atomic E-state index is 6.15. The molecule has 1 aliphatic rings. The number of anilines is 1. The van der Waals surface area contributed by atoms with Gasteiger partial charge in [0, 0.05) is 16.1 Å². The highest BCUT2D eigenvalue weighted by atomic mass is 32.2. The van der Waals surface area contributed by atoms with Gasteiger partial charge < -0.3 is 5.73 Å². The van der Waals surface area contributed by atoms with Gasteiger partial charge in [-0.2, -0.15) is 5.10 Å². The molecule has 3 aromatic rings. The van der Waals surface area contributed by atoms with E-state index < -0.39 is 0 Å². The number of nitrogens with one attached hydrogen (secondary N) is 1. The van der Waals surface area contributed by atoms with Crippen LogP contribution in [0.25, 0.3) is 22.2 Å². The summed E-state index contributed by atoms with van der Waals surface area (Å²) in [6.07, 6.45) is 0.991. The molecule has 0 atom stereocenters. The lowest BCUT2D eigenvalue weighted by Crippen LogP contribution is -2.25. The van der Waals surface area contributed by atoms with E-state index in [1.54, 1.807) is 0 Å². The van der Waals surface area contributed by atoms with E-state index in [-0.39, 0.29) is 4.75 Å². The molecule has 0 saturated carbocycles. The topological polar surface area (TPSA) is 67.6 Å². The molecule has 0 unspecified atom stereocenters. The van der Waals surface area contributed by atoms with Crippen molar-refractivity contribution in [2.24, 2.45) is 0 Å². The maximum Gasteiger partial charge on any atom is 0.184 e. The Hall–Kier alpha value is -2.01. The van der Waals surface area contributed by atoms with Gasteiger partial charge in [0.25, 0.3) is 0 Å². The minimum absolute atomic E-state index is 0.213. The molecule has 0 radical (unpaired) electrons. The first-order valence-electron chi connectivity index (χ1n) is 7.40. The monoisotopic (exact) mass is 310 g/mol. The molecule has 0 fully saturated rings. The third-order valence-electron chi connectivity index (χ3n) is 4.18. The van der Waals surface area contributed by atoms with Gasteiger partial charge in [0.1, 0.15) is 5.82 Å². The van der Waals surface area contributed by atoms with Crippen molar-refractivity contribution in [3.63, 3.8) is 0 Å². The van der Waals surface area contributed by atoms with Crippen molar-refractivity contribution < 1.29 is 0 Å². The van der Waals surface area contributed by atoms with Crippen LogP contribution < -0.4 is 5.73 Å². The first-order chi connectivity index (χ1) is 10.6. The van der Waals surface area contributed by atoms with E-state index in [9.17, 15) is 0 Å². The van der Waals surface area contributed by atoms with Gasteiger partial charge in [-0.15, -0.1) is 11.8 Å². The number of H-pyrrole nitrogens is 1. The lowest BCUT2D eigenvalue weighted by molar-refractivity contribution is 0.690. The Morgan fingerprint density at radius 2 is 2.00 bits per heavy atom. The molecule has 0 bridgehead atoms. The average molecular weight is 310 g/mol. The molecule has 0 spiro atoms. The first-order valence-corrected chi connectivity index (χ1v) is 8.38. The van der Waals surface area contributed by atoms with Crippen molar-refractivity contribution in [2.75, 3.05) is 5.73 Å². The van der Waals surface area contributed by atoms with Gasteiger partial charge in [-0.25, -0.2) is 4.98 Å². The van der Waals surface area contributed by atoms with Crippen molar-refractivity contribution in [3.05, 3.63) is 41.6 Å². The van der Waals surface area contributed by atoms with Crippen LogP contribution in [-0.4, -0.2) is 19.9 Å². The second-order valence-corrected chi connectivity index (χ2v) is 8.02. The zero-order valence-corrected chi connectivity index (χ0v) is 13.5. The highest BCUT2D eigenvalue weighted by Crippen LogP contribution is 2.44. The second-order valence-electron chi connectivity index (χ2n) is 6.34. The number of benzene rings is 1. The van der Waals surface area contributed by atoms with E-state index in [1.165, 1.54) is 16.7 Å². The summed E-state index contributed by atoms with van der Waals surface area (Å²) in [6.45, 7) is 4.58. The van der Waals surface area contributed by atoms with Crippen molar-refractivity contribution >= 4 is 28.6 Å². The van der Waals surface area contributed by atoms with Crippen molar-refractivity contribution in [3.8, 4) is 11.1 Å². The smallest absolute Gasteiger partial charge is 0.184 e. The first kappa shape index (κ1) is 13.6. The van der Waals surface area contributed by atoms with Crippen molar-refractivity contribution in [2.45, 2.75) is 30.8 Å². The summed E-state index contributed by atoms with van der Waals surface area (Å²) >= 11 is 1.95. The minimum Gasteiger partial charge on any atom is -0.383 e. The summed E-state index contributed by atoms with van der Waals surface area (Å²) in [5, 5.41) is 8.12. The standard InChI is InChI=1S/C17H18N4S/c1-17(2)8-11-12(9-22-17)19-16-14(15(18)20-21-16)13(11)10-6-4-3-5-7-10/h3-7H,8-9H2,1-2H3,(H3,18,19,20,21). The third-order valence-corrected chi connectivity index (χ3v) is 5.52. The second kappa shape index (κ2) is 4.74. The number of nitrogens with two attached hydrogens (primary N) is 1. The van der Waals surface area contributed by atoms with Crippen LogP contribution in [0.2, 0.25) is 0 Å². The van der Waals surface area contributed by atoms with E-state index in [4.69, 9.17) is 10.7 Å². The summed E-state index contributed by atoms with van der Waals surface area (Å²) in [5.74, 6) is 1.52. The number of hydrogen-bond donors (Lipinski definition) is 2. The summed E-state index contributed by atoms with van der Waals surface area (Å²) in [5.41, 5.74) is 11.7. The molecule has 3 heterocycles. The highest BCUT2D eigenvalue weighted by Gasteiger charge is 2.31. The number of fused-ring (bicyclic) bond motifs is 2. The number of rotatable bonds is 1. The Labute approximate surface area is 133 Å². The number of aromatic nitrogens is 3. The molecule has 2 aromatic heterocycles. The number of pyridine rings is 1. The molecule has 1 aromatic carbocycles.